The van der Waals surface area contributed by atoms with E-state index in [0.717, 1.165) is 23.1 Å². The molecule has 0 rings (SSSR count). The Morgan fingerprint density at radius 2 is 1.00 bits per heavy atom. The third-order valence-electron chi connectivity index (χ3n) is 6.41. The Hall–Kier alpha value is -1.49. The molecule has 0 spiro atoms. The van der Waals surface area contributed by atoms with Gasteiger partial charge in [0.15, 0.2) is 5.78 Å². The molecule has 0 aromatic heterocycles. The minimum Gasteiger partial charge on any atom is -0.388 e. The third kappa shape index (κ3) is 9.97. The number of carbonyl (C=O) groups is 1. The molecule has 0 aliphatic rings. The summed E-state index contributed by atoms with van der Waals surface area (Å²) in [5.74, 6) is 0.000698. The Bertz CT molecular complexity index is 713. The number of aliphatic hydroxyl groups excluding tert-OH is 3. The zero-order chi connectivity index (χ0) is 25.2. The van der Waals surface area contributed by atoms with Gasteiger partial charge in [0.2, 0.25) is 0 Å². The van der Waals surface area contributed by atoms with Gasteiger partial charge in [-0.2, -0.15) is 0 Å². The normalized spacial score (nSPS) is 20.9. The minimum atomic E-state index is -0.720. The van der Waals surface area contributed by atoms with Gasteiger partial charge in [-0.15, -0.1) is 0 Å². The third-order valence-corrected chi connectivity index (χ3v) is 6.41. The van der Waals surface area contributed by atoms with Crippen molar-refractivity contribution in [3.8, 4) is 0 Å². The molecule has 7 atom stereocenters. The van der Waals surface area contributed by atoms with Crippen LogP contribution in [0.1, 0.15) is 82.1 Å². The van der Waals surface area contributed by atoms with Gasteiger partial charge in [0, 0.05) is 24.2 Å². The molecule has 4 nitrogen and oxygen atoms in total. The van der Waals surface area contributed by atoms with Gasteiger partial charge < -0.3 is 15.3 Å². The van der Waals surface area contributed by atoms with Crippen molar-refractivity contribution >= 4 is 5.78 Å². The molecule has 3 N–H and O–H groups in total. The van der Waals surface area contributed by atoms with Gasteiger partial charge in [0.05, 0.1) is 18.3 Å². The fourth-order valence-electron chi connectivity index (χ4n) is 3.98. The van der Waals surface area contributed by atoms with Crippen molar-refractivity contribution in [2.75, 3.05) is 0 Å². The van der Waals surface area contributed by atoms with Gasteiger partial charge in [-0.25, -0.2) is 0 Å². The smallest absolute Gasteiger partial charge is 0.157 e. The van der Waals surface area contributed by atoms with E-state index in [-0.39, 0.29) is 23.5 Å². The number of ketones is 1. The van der Waals surface area contributed by atoms with Gasteiger partial charge >= 0.3 is 0 Å². The quantitative estimate of drug-likeness (QED) is 0.246. The maximum absolute atomic E-state index is 11.8. The van der Waals surface area contributed by atoms with Crippen molar-refractivity contribution in [1.29, 1.82) is 0 Å². The average molecular weight is 449 g/mol. The van der Waals surface area contributed by atoms with E-state index in [9.17, 15) is 20.1 Å². The summed E-state index contributed by atoms with van der Waals surface area (Å²) >= 11 is 0. The monoisotopic (exact) mass is 448 g/mol. The zero-order valence-electron chi connectivity index (χ0n) is 22.0. The molecule has 0 radical (unpaired) electrons. The number of hydrogen-bond donors (Lipinski definition) is 3. The maximum Gasteiger partial charge on any atom is 0.157 e. The largest absolute Gasteiger partial charge is 0.388 e. The van der Waals surface area contributed by atoms with Crippen molar-refractivity contribution in [2.24, 2.45) is 23.7 Å². The summed E-state index contributed by atoms with van der Waals surface area (Å²) in [7, 11) is 0. The number of rotatable bonds is 13. The van der Waals surface area contributed by atoms with Crippen molar-refractivity contribution < 1.29 is 20.1 Å². The molecule has 0 aliphatic heterocycles. The number of aliphatic hydroxyl groups is 3. The first-order valence-electron chi connectivity index (χ1n) is 12.1. The molecular weight excluding hydrogens is 400 g/mol. The lowest BCUT2D eigenvalue weighted by atomic mass is 9.88. The lowest BCUT2D eigenvalue weighted by Crippen LogP contribution is -2.23. The van der Waals surface area contributed by atoms with Crippen LogP contribution in [-0.2, 0) is 4.79 Å². The molecule has 0 aromatic rings. The Kier molecular flexibility index (Phi) is 13.9. The first-order chi connectivity index (χ1) is 14.8. The molecule has 0 amide bonds. The summed E-state index contributed by atoms with van der Waals surface area (Å²) in [5.41, 5.74) is 3.20. The molecule has 0 unspecified atom stereocenters. The first-order valence-corrected chi connectivity index (χ1v) is 12.1. The lowest BCUT2D eigenvalue weighted by molar-refractivity contribution is -0.115. The fraction of sp³-hybridized carbons (Fsp3) is 0.679. The van der Waals surface area contributed by atoms with Crippen LogP contribution in [-0.4, -0.2) is 39.4 Å². The summed E-state index contributed by atoms with van der Waals surface area (Å²) in [5, 5.41) is 32.1. The van der Waals surface area contributed by atoms with Gasteiger partial charge in [-0.3, -0.25) is 4.79 Å². The van der Waals surface area contributed by atoms with E-state index >= 15 is 0 Å². The minimum absolute atomic E-state index is 0.0841. The van der Waals surface area contributed by atoms with Crippen molar-refractivity contribution in [2.45, 2.75) is 100 Å². The maximum atomic E-state index is 11.8. The van der Waals surface area contributed by atoms with Crippen LogP contribution in [0.3, 0.4) is 0 Å². The highest BCUT2D eigenvalue weighted by Crippen LogP contribution is 2.24. The van der Waals surface area contributed by atoms with E-state index in [0.29, 0.717) is 17.9 Å². The van der Waals surface area contributed by atoms with Crippen LogP contribution >= 0.6 is 0 Å². The number of allylic oxidation sites excluding steroid dienone is 2. The second kappa shape index (κ2) is 14.6. The zero-order valence-corrected chi connectivity index (χ0v) is 22.0. The van der Waals surface area contributed by atoms with Crippen LogP contribution in [0.4, 0.5) is 0 Å². The molecule has 0 saturated heterocycles. The Morgan fingerprint density at radius 1 is 0.656 bits per heavy atom. The number of Topliss-reactive ketones (excluding diaryl/α,β-unsaturated/α-hetero) is 1. The molecule has 0 saturated carbocycles. The molecule has 0 aliphatic carbocycles. The van der Waals surface area contributed by atoms with Crippen LogP contribution < -0.4 is 0 Å². The molecule has 0 bridgehead atoms. The Morgan fingerprint density at radius 3 is 1.34 bits per heavy atom. The standard InChI is InChI=1S/C28H48O4/c1-11-17(3)13-19(5)26(30)21(7)15-23(9)28(32)24(10)16-22(8)27(31)20(6)14-18(4)25(29)12-2/h13-17,20-21,24,26-28,30-32H,11-12H2,1-10H3/b18-14+,19-13+,22-16+,23-15+/t17-,20-,21-,24-,26+,27-,28+/m0/s1. The van der Waals surface area contributed by atoms with E-state index in [1.807, 2.05) is 66.7 Å². The molecule has 0 aromatic carbocycles. The molecule has 0 fully saturated rings. The first kappa shape index (κ1) is 30.5. The predicted octanol–water partition coefficient (Wildman–Crippen LogP) is 5.79. The topological polar surface area (TPSA) is 77.8 Å². The lowest BCUT2D eigenvalue weighted by Gasteiger charge is -2.23. The second-order valence-electron chi connectivity index (χ2n) is 9.66. The van der Waals surface area contributed by atoms with E-state index in [1.54, 1.807) is 6.92 Å². The highest BCUT2D eigenvalue weighted by atomic mass is 16.3. The molecule has 32 heavy (non-hydrogen) atoms. The van der Waals surface area contributed by atoms with Crippen LogP contribution in [0.5, 0.6) is 0 Å². The number of carbonyl (C=O) groups excluding carboxylic acids is 1. The van der Waals surface area contributed by atoms with E-state index in [4.69, 9.17) is 0 Å². The Labute approximate surface area is 196 Å². The van der Waals surface area contributed by atoms with Gasteiger partial charge in [-0.1, -0.05) is 72.3 Å². The highest BCUT2D eigenvalue weighted by molar-refractivity contribution is 5.94. The van der Waals surface area contributed by atoms with Crippen molar-refractivity contribution in [1.82, 2.24) is 0 Å². The van der Waals surface area contributed by atoms with E-state index in [2.05, 4.69) is 19.9 Å². The molecule has 184 valence electrons. The van der Waals surface area contributed by atoms with Gasteiger partial charge in [0.25, 0.3) is 0 Å². The predicted molar refractivity (Wildman–Crippen MR) is 135 cm³/mol. The van der Waals surface area contributed by atoms with E-state index < -0.39 is 18.3 Å². The molecular formula is C28H48O4. The van der Waals surface area contributed by atoms with E-state index in [1.165, 1.54) is 0 Å². The summed E-state index contributed by atoms with van der Waals surface area (Å²) in [6.45, 7) is 19.3. The SMILES string of the molecule is CCC(=O)/C(C)=C/[C@H](C)[C@H](O)/C(C)=C/[C@H](C)[C@H](O)/C(C)=C/[C@H](C)[C@H](O)/C(C)=C/[C@@H](C)CC. The Balaban J connectivity index is 5.32. The van der Waals surface area contributed by atoms with Crippen LogP contribution in [0, 0.1) is 23.7 Å². The fourth-order valence-corrected chi connectivity index (χ4v) is 3.98. The summed E-state index contributed by atoms with van der Waals surface area (Å²) in [6, 6.07) is 0. The summed E-state index contributed by atoms with van der Waals surface area (Å²) in [6.07, 6.45) is 7.23. The summed E-state index contributed by atoms with van der Waals surface area (Å²) in [4.78, 5) is 11.8. The van der Waals surface area contributed by atoms with Crippen LogP contribution in [0.25, 0.3) is 0 Å². The highest BCUT2D eigenvalue weighted by Gasteiger charge is 2.21. The van der Waals surface area contributed by atoms with Crippen molar-refractivity contribution in [3.63, 3.8) is 0 Å². The van der Waals surface area contributed by atoms with Gasteiger partial charge in [0.1, 0.15) is 0 Å². The second-order valence-corrected chi connectivity index (χ2v) is 9.66. The number of hydrogen-bond acceptors (Lipinski definition) is 4. The molecule has 0 heterocycles. The van der Waals surface area contributed by atoms with Crippen molar-refractivity contribution in [3.05, 3.63) is 46.6 Å². The molecule has 4 heteroatoms. The van der Waals surface area contributed by atoms with Crippen LogP contribution in [0.15, 0.2) is 46.6 Å². The van der Waals surface area contributed by atoms with Crippen LogP contribution in [0.2, 0.25) is 0 Å². The van der Waals surface area contributed by atoms with Gasteiger partial charge in [-0.05, 0) is 55.9 Å². The average Bonchev–Trinajstić information content (AvgIpc) is 2.75. The summed E-state index contributed by atoms with van der Waals surface area (Å²) < 4.78 is 0.